The number of hydrogen-bond donors (Lipinski definition) is 0. The lowest BCUT2D eigenvalue weighted by Crippen LogP contribution is -2.48. The van der Waals surface area contributed by atoms with Crippen LogP contribution in [0.5, 0.6) is 5.75 Å². The zero-order valence-corrected chi connectivity index (χ0v) is 17.3. The summed E-state index contributed by atoms with van der Waals surface area (Å²) < 4.78 is 32.9. The van der Waals surface area contributed by atoms with E-state index in [1.807, 2.05) is 6.92 Å². The van der Waals surface area contributed by atoms with Crippen LogP contribution >= 0.6 is 0 Å². The van der Waals surface area contributed by atoms with Gasteiger partial charge in [0.1, 0.15) is 5.75 Å². The topological polar surface area (TPSA) is 49.9 Å². The number of ether oxygens (including phenoxy) is 1. The van der Waals surface area contributed by atoms with Crippen LogP contribution in [0.2, 0.25) is 0 Å². The van der Waals surface area contributed by atoms with Crippen molar-refractivity contribution >= 4 is 10.0 Å². The first-order chi connectivity index (χ1) is 12.8. The van der Waals surface area contributed by atoms with Gasteiger partial charge in [-0.3, -0.25) is 4.90 Å². The fourth-order valence-corrected chi connectivity index (χ4v) is 5.14. The molecule has 146 valence electrons. The number of benzene rings is 2. The average molecular weight is 389 g/mol. The Kier molecular flexibility index (Phi) is 5.89. The molecule has 0 bridgehead atoms. The molecule has 0 spiro atoms. The predicted octanol–water partition coefficient (Wildman–Crippen LogP) is 3.13. The maximum Gasteiger partial charge on any atom is 0.243 e. The highest BCUT2D eigenvalue weighted by molar-refractivity contribution is 7.89. The summed E-state index contributed by atoms with van der Waals surface area (Å²) in [7, 11) is -1.90. The largest absolute Gasteiger partial charge is 0.497 e. The molecule has 0 saturated carbocycles. The minimum absolute atomic E-state index is 0.367. The maximum atomic E-state index is 13.0. The highest BCUT2D eigenvalue weighted by atomic mass is 32.2. The van der Waals surface area contributed by atoms with Crippen LogP contribution in [-0.2, 0) is 16.6 Å². The van der Waals surface area contributed by atoms with Gasteiger partial charge in [-0.1, -0.05) is 23.8 Å². The van der Waals surface area contributed by atoms with Crippen molar-refractivity contribution in [3.63, 3.8) is 0 Å². The van der Waals surface area contributed by atoms with Gasteiger partial charge >= 0.3 is 0 Å². The molecule has 0 amide bonds. The monoisotopic (exact) mass is 388 g/mol. The maximum absolute atomic E-state index is 13.0. The van der Waals surface area contributed by atoms with Crippen LogP contribution in [0.25, 0.3) is 0 Å². The molecule has 0 unspecified atom stereocenters. The van der Waals surface area contributed by atoms with E-state index in [0.717, 1.165) is 19.6 Å². The first-order valence-electron chi connectivity index (χ1n) is 9.24. The molecule has 2 aromatic carbocycles. The summed E-state index contributed by atoms with van der Waals surface area (Å²) in [6.45, 7) is 9.41. The van der Waals surface area contributed by atoms with E-state index in [2.05, 4.69) is 36.9 Å². The second-order valence-corrected chi connectivity index (χ2v) is 9.15. The van der Waals surface area contributed by atoms with Crippen molar-refractivity contribution in [3.8, 4) is 5.75 Å². The number of hydrogen-bond acceptors (Lipinski definition) is 4. The van der Waals surface area contributed by atoms with Gasteiger partial charge in [-0.25, -0.2) is 8.42 Å². The Morgan fingerprint density at radius 3 is 2.26 bits per heavy atom. The third-order valence-electron chi connectivity index (χ3n) is 5.23. The number of methoxy groups -OCH3 is 1. The van der Waals surface area contributed by atoms with E-state index in [1.54, 1.807) is 29.6 Å². The predicted molar refractivity (Wildman–Crippen MR) is 108 cm³/mol. The molecule has 1 saturated heterocycles. The Hall–Kier alpha value is -1.89. The molecule has 3 rings (SSSR count). The quantitative estimate of drug-likeness (QED) is 0.790. The molecule has 0 radical (unpaired) electrons. The van der Waals surface area contributed by atoms with Gasteiger partial charge in [0.2, 0.25) is 10.0 Å². The third-order valence-corrected chi connectivity index (χ3v) is 7.29. The van der Waals surface area contributed by atoms with E-state index in [-0.39, 0.29) is 0 Å². The first kappa shape index (κ1) is 19.9. The Balaban J connectivity index is 1.68. The minimum Gasteiger partial charge on any atom is -0.497 e. The summed E-state index contributed by atoms with van der Waals surface area (Å²) >= 11 is 0. The van der Waals surface area contributed by atoms with E-state index in [4.69, 9.17) is 4.74 Å². The van der Waals surface area contributed by atoms with Crippen molar-refractivity contribution in [2.24, 2.45) is 0 Å². The van der Waals surface area contributed by atoms with E-state index in [0.29, 0.717) is 29.3 Å². The molecule has 0 aromatic heterocycles. The Morgan fingerprint density at radius 2 is 1.63 bits per heavy atom. The summed E-state index contributed by atoms with van der Waals surface area (Å²) in [6.07, 6.45) is 0. The van der Waals surface area contributed by atoms with Gasteiger partial charge in [0.05, 0.1) is 12.0 Å². The second-order valence-electron chi connectivity index (χ2n) is 7.24. The number of sulfonamides is 1. The van der Waals surface area contributed by atoms with E-state index in [1.165, 1.54) is 16.7 Å². The van der Waals surface area contributed by atoms with Crippen LogP contribution in [-0.4, -0.2) is 50.9 Å². The van der Waals surface area contributed by atoms with Crippen molar-refractivity contribution < 1.29 is 13.2 Å². The van der Waals surface area contributed by atoms with Crippen molar-refractivity contribution in [1.29, 1.82) is 0 Å². The molecule has 1 aliphatic rings. The Morgan fingerprint density at radius 1 is 0.926 bits per heavy atom. The average Bonchev–Trinajstić information content (AvgIpc) is 2.65. The van der Waals surface area contributed by atoms with Crippen LogP contribution < -0.4 is 4.74 Å². The molecule has 6 heteroatoms. The molecule has 1 heterocycles. The molecule has 2 aromatic rings. The molecule has 5 nitrogen and oxygen atoms in total. The van der Waals surface area contributed by atoms with Gasteiger partial charge in [0, 0.05) is 32.7 Å². The zero-order chi connectivity index (χ0) is 19.6. The normalized spacial score (nSPS) is 16.4. The van der Waals surface area contributed by atoms with Gasteiger partial charge in [-0.2, -0.15) is 4.31 Å². The van der Waals surface area contributed by atoms with Crippen molar-refractivity contribution in [2.45, 2.75) is 32.2 Å². The summed E-state index contributed by atoms with van der Waals surface area (Å²) in [6, 6.07) is 11.6. The van der Waals surface area contributed by atoms with E-state index >= 15 is 0 Å². The van der Waals surface area contributed by atoms with E-state index in [9.17, 15) is 8.42 Å². The highest BCUT2D eigenvalue weighted by Crippen LogP contribution is 2.25. The Labute approximate surface area is 162 Å². The van der Waals surface area contributed by atoms with Crippen LogP contribution in [0, 0.1) is 20.8 Å². The SMILES string of the molecule is COc1ccc(S(=O)(=O)N2CCN(Cc3cc(C)ccc3C)CC2)c(C)c1. The van der Waals surface area contributed by atoms with Gasteiger partial charge in [0.25, 0.3) is 0 Å². The molecular weight excluding hydrogens is 360 g/mol. The molecular formula is C21H28N2O3S. The molecule has 1 fully saturated rings. The second kappa shape index (κ2) is 8.00. The standard InChI is InChI=1S/C21H28N2O3S/c1-16-5-6-17(2)19(13-16)15-22-9-11-23(12-10-22)27(24,25)21-8-7-20(26-4)14-18(21)3/h5-8,13-14H,9-12,15H2,1-4H3. The zero-order valence-electron chi connectivity index (χ0n) is 16.5. The van der Waals surface area contributed by atoms with Crippen molar-refractivity contribution in [3.05, 3.63) is 58.7 Å². The number of aryl methyl sites for hydroxylation is 3. The molecule has 27 heavy (non-hydrogen) atoms. The number of rotatable bonds is 5. The Bertz CT molecular complexity index is 917. The summed E-state index contributed by atoms with van der Waals surface area (Å²) in [4.78, 5) is 2.69. The van der Waals surface area contributed by atoms with Crippen molar-refractivity contribution in [2.75, 3.05) is 33.3 Å². The van der Waals surface area contributed by atoms with Crippen LogP contribution in [0.15, 0.2) is 41.3 Å². The highest BCUT2D eigenvalue weighted by Gasteiger charge is 2.29. The lowest BCUT2D eigenvalue weighted by molar-refractivity contribution is 0.181. The van der Waals surface area contributed by atoms with Crippen molar-refractivity contribution in [1.82, 2.24) is 9.21 Å². The smallest absolute Gasteiger partial charge is 0.243 e. The molecule has 0 aliphatic carbocycles. The van der Waals surface area contributed by atoms with E-state index < -0.39 is 10.0 Å². The van der Waals surface area contributed by atoms with Gasteiger partial charge in [-0.05, 0) is 55.7 Å². The summed E-state index contributed by atoms with van der Waals surface area (Å²) in [5, 5.41) is 0. The third kappa shape index (κ3) is 4.34. The summed E-state index contributed by atoms with van der Waals surface area (Å²) in [5.74, 6) is 0.671. The van der Waals surface area contributed by atoms with Gasteiger partial charge in [-0.15, -0.1) is 0 Å². The molecule has 1 aliphatic heterocycles. The van der Waals surface area contributed by atoms with Crippen LogP contribution in [0.4, 0.5) is 0 Å². The minimum atomic E-state index is -3.48. The fourth-order valence-electron chi connectivity index (χ4n) is 3.52. The van der Waals surface area contributed by atoms with Gasteiger partial charge in [0.15, 0.2) is 0 Å². The lowest BCUT2D eigenvalue weighted by atomic mass is 10.1. The lowest BCUT2D eigenvalue weighted by Gasteiger charge is -2.34. The fraction of sp³-hybridized carbons (Fsp3) is 0.429. The number of nitrogens with zero attached hydrogens (tertiary/aromatic N) is 2. The van der Waals surface area contributed by atoms with Crippen LogP contribution in [0.1, 0.15) is 22.3 Å². The van der Waals surface area contributed by atoms with Crippen LogP contribution in [0.3, 0.4) is 0 Å². The summed E-state index contributed by atoms with van der Waals surface area (Å²) in [5.41, 5.74) is 4.57. The molecule has 0 N–H and O–H groups in total. The molecule has 0 atom stereocenters. The van der Waals surface area contributed by atoms with Gasteiger partial charge < -0.3 is 4.74 Å². The first-order valence-corrected chi connectivity index (χ1v) is 10.7. The number of piperazine rings is 1.